The maximum Gasteiger partial charge on any atom is 0.261 e. The van der Waals surface area contributed by atoms with Crippen molar-refractivity contribution >= 4 is 29.3 Å². The molecule has 1 unspecified atom stereocenters. The Bertz CT molecular complexity index is 895. The number of anilines is 1. The van der Waals surface area contributed by atoms with Gasteiger partial charge in [-0.1, -0.05) is 30.3 Å². The van der Waals surface area contributed by atoms with Gasteiger partial charge < -0.3 is 20.5 Å². The number of hydrogen-bond acceptors (Lipinski definition) is 5. The number of rotatable bonds is 7. The van der Waals surface area contributed by atoms with Crippen molar-refractivity contribution in [1.29, 1.82) is 0 Å². The van der Waals surface area contributed by atoms with Crippen LogP contribution in [0.2, 0.25) is 0 Å². The first-order valence-electron chi connectivity index (χ1n) is 8.99. The number of ether oxygens (including phenoxy) is 1. The maximum atomic E-state index is 11.8. The molecule has 152 valence electrons. The quantitative estimate of drug-likeness (QED) is 0.510. The molecular formula is C22H24N2O4S. The Balaban J connectivity index is 0.000000234. The Labute approximate surface area is 174 Å². The number of hydrogen-bond donors (Lipinski definition) is 3. The average Bonchev–Trinajstić information content (AvgIpc) is 3.26. The highest BCUT2D eigenvalue weighted by atomic mass is 32.1. The molecular weight excluding hydrogens is 388 g/mol. The second-order valence-corrected chi connectivity index (χ2v) is 7.13. The van der Waals surface area contributed by atoms with Crippen LogP contribution in [0.5, 0.6) is 11.5 Å². The summed E-state index contributed by atoms with van der Waals surface area (Å²) in [6, 6.07) is 18.0. The summed E-state index contributed by atoms with van der Waals surface area (Å²) in [4.78, 5) is 22.6. The molecule has 2 aromatic carbocycles. The van der Waals surface area contributed by atoms with E-state index >= 15 is 0 Å². The van der Waals surface area contributed by atoms with Crippen molar-refractivity contribution in [3.05, 3.63) is 76.5 Å². The van der Waals surface area contributed by atoms with E-state index in [9.17, 15) is 14.7 Å². The van der Waals surface area contributed by atoms with Gasteiger partial charge in [0.25, 0.3) is 5.91 Å². The Kier molecular flexibility index (Phi) is 8.72. The molecule has 3 N–H and O–H groups in total. The van der Waals surface area contributed by atoms with Gasteiger partial charge in [-0.3, -0.25) is 9.59 Å². The van der Waals surface area contributed by atoms with Crippen molar-refractivity contribution < 1.29 is 19.4 Å². The van der Waals surface area contributed by atoms with Gasteiger partial charge in [0.15, 0.2) is 0 Å². The van der Waals surface area contributed by atoms with Crippen LogP contribution in [-0.2, 0) is 11.2 Å². The summed E-state index contributed by atoms with van der Waals surface area (Å²) in [5.41, 5.74) is 1.77. The third kappa shape index (κ3) is 7.31. The van der Waals surface area contributed by atoms with Crippen molar-refractivity contribution in [3.8, 4) is 11.5 Å². The van der Waals surface area contributed by atoms with Crippen LogP contribution < -0.4 is 15.4 Å². The molecule has 2 amide bonds. The van der Waals surface area contributed by atoms with Crippen LogP contribution in [0.25, 0.3) is 0 Å². The number of nitrogens with one attached hydrogen (secondary N) is 2. The number of phenolic OH excluding ortho intramolecular Hbond substituents is 1. The summed E-state index contributed by atoms with van der Waals surface area (Å²) >= 11 is 1.44. The minimum absolute atomic E-state index is 0.0312. The molecule has 0 aliphatic rings. The maximum absolute atomic E-state index is 11.8. The van der Waals surface area contributed by atoms with E-state index in [1.807, 2.05) is 48.7 Å². The zero-order chi connectivity index (χ0) is 21.1. The molecule has 0 aliphatic carbocycles. The van der Waals surface area contributed by atoms with Gasteiger partial charge in [0.2, 0.25) is 6.41 Å². The fraction of sp³-hybridized carbons (Fsp3) is 0.182. The number of carbonyl (C=O) groups is 2. The van der Waals surface area contributed by atoms with Crippen LogP contribution >= 0.6 is 11.3 Å². The van der Waals surface area contributed by atoms with Gasteiger partial charge in [-0.15, -0.1) is 11.3 Å². The van der Waals surface area contributed by atoms with Crippen LogP contribution in [0.4, 0.5) is 5.69 Å². The highest BCUT2D eigenvalue weighted by Crippen LogP contribution is 2.21. The van der Waals surface area contributed by atoms with Crippen LogP contribution in [0.1, 0.15) is 22.2 Å². The van der Waals surface area contributed by atoms with Gasteiger partial charge in [0, 0.05) is 6.04 Å². The predicted molar refractivity (Wildman–Crippen MR) is 116 cm³/mol. The predicted octanol–water partition coefficient (Wildman–Crippen LogP) is 4.08. The molecule has 0 saturated carbocycles. The lowest BCUT2D eigenvalue weighted by Gasteiger charge is -2.13. The molecule has 0 spiro atoms. The SMILES string of the molecule is CC(Cc1ccc(O)cc1)NC(=O)c1cccs1.COc1ccccc1NC=O. The molecule has 3 aromatic rings. The van der Waals surface area contributed by atoms with E-state index in [-0.39, 0.29) is 17.7 Å². The van der Waals surface area contributed by atoms with Crippen LogP contribution in [0.15, 0.2) is 66.0 Å². The Morgan fingerprint density at radius 3 is 2.48 bits per heavy atom. The van der Waals surface area contributed by atoms with Crippen LogP contribution in [0, 0.1) is 0 Å². The van der Waals surface area contributed by atoms with Gasteiger partial charge in [-0.2, -0.15) is 0 Å². The summed E-state index contributed by atoms with van der Waals surface area (Å²) in [6.07, 6.45) is 1.37. The first-order chi connectivity index (χ1) is 14.0. The van der Waals surface area contributed by atoms with E-state index in [0.29, 0.717) is 17.8 Å². The van der Waals surface area contributed by atoms with Gasteiger partial charge in [-0.05, 0) is 54.6 Å². The molecule has 7 heteroatoms. The van der Waals surface area contributed by atoms with E-state index < -0.39 is 0 Å². The molecule has 1 atom stereocenters. The number of phenols is 1. The second-order valence-electron chi connectivity index (χ2n) is 6.18. The van der Waals surface area contributed by atoms with Gasteiger partial charge in [0.05, 0.1) is 17.7 Å². The van der Waals surface area contributed by atoms with E-state index in [4.69, 9.17) is 4.74 Å². The normalized spacial score (nSPS) is 10.8. The zero-order valence-electron chi connectivity index (χ0n) is 16.3. The summed E-state index contributed by atoms with van der Waals surface area (Å²) in [5, 5.41) is 16.6. The molecule has 29 heavy (non-hydrogen) atoms. The van der Waals surface area contributed by atoms with Gasteiger partial charge in [-0.25, -0.2) is 0 Å². The molecule has 1 aromatic heterocycles. The van der Waals surface area contributed by atoms with Crippen molar-refractivity contribution in [3.63, 3.8) is 0 Å². The molecule has 0 fully saturated rings. The first kappa shape index (κ1) is 22.0. The lowest BCUT2D eigenvalue weighted by atomic mass is 10.1. The van der Waals surface area contributed by atoms with Crippen molar-refractivity contribution in [2.75, 3.05) is 12.4 Å². The molecule has 0 radical (unpaired) electrons. The number of thiophene rings is 1. The molecule has 0 saturated heterocycles. The standard InChI is InChI=1S/C14H15NO2S.C8H9NO2/c1-10(9-11-4-6-12(16)7-5-11)15-14(17)13-3-2-8-18-13;1-11-8-5-3-2-4-7(8)9-6-10/h2-8,10,16H,9H2,1H3,(H,15,17);2-6H,1H3,(H,9,10). The third-order valence-electron chi connectivity index (χ3n) is 3.92. The van der Waals surface area contributed by atoms with E-state index in [1.54, 1.807) is 31.4 Å². The van der Waals surface area contributed by atoms with Crippen LogP contribution in [0.3, 0.4) is 0 Å². The van der Waals surface area contributed by atoms with Crippen molar-refractivity contribution in [2.45, 2.75) is 19.4 Å². The average molecular weight is 413 g/mol. The Morgan fingerprint density at radius 1 is 1.14 bits per heavy atom. The molecule has 6 nitrogen and oxygen atoms in total. The first-order valence-corrected chi connectivity index (χ1v) is 9.87. The fourth-order valence-corrected chi connectivity index (χ4v) is 3.19. The number of carbonyl (C=O) groups excluding carboxylic acids is 2. The second kappa shape index (κ2) is 11.5. The highest BCUT2D eigenvalue weighted by molar-refractivity contribution is 7.12. The van der Waals surface area contributed by atoms with E-state index in [1.165, 1.54) is 11.3 Å². The Hall–Kier alpha value is -3.32. The summed E-state index contributed by atoms with van der Waals surface area (Å²) in [5.74, 6) is 0.893. The number of para-hydroxylation sites is 2. The summed E-state index contributed by atoms with van der Waals surface area (Å²) in [6.45, 7) is 1.97. The summed E-state index contributed by atoms with van der Waals surface area (Å²) in [7, 11) is 1.56. The minimum Gasteiger partial charge on any atom is -0.508 e. The summed E-state index contributed by atoms with van der Waals surface area (Å²) < 4.78 is 4.98. The number of amides is 2. The van der Waals surface area contributed by atoms with Gasteiger partial charge in [0.1, 0.15) is 11.5 Å². The highest BCUT2D eigenvalue weighted by Gasteiger charge is 2.10. The smallest absolute Gasteiger partial charge is 0.261 e. The van der Waals surface area contributed by atoms with E-state index in [0.717, 1.165) is 16.9 Å². The lowest BCUT2D eigenvalue weighted by Crippen LogP contribution is -2.33. The number of aromatic hydroxyl groups is 1. The zero-order valence-corrected chi connectivity index (χ0v) is 17.1. The molecule has 1 heterocycles. The van der Waals surface area contributed by atoms with Crippen LogP contribution in [-0.4, -0.2) is 30.6 Å². The number of benzene rings is 2. The molecule has 3 rings (SSSR count). The molecule has 0 bridgehead atoms. The lowest BCUT2D eigenvalue weighted by molar-refractivity contribution is -0.105. The number of methoxy groups -OCH3 is 1. The Morgan fingerprint density at radius 2 is 1.86 bits per heavy atom. The van der Waals surface area contributed by atoms with Crippen molar-refractivity contribution in [2.24, 2.45) is 0 Å². The van der Waals surface area contributed by atoms with Crippen molar-refractivity contribution in [1.82, 2.24) is 5.32 Å². The topological polar surface area (TPSA) is 87.7 Å². The monoisotopic (exact) mass is 412 g/mol. The minimum atomic E-state index is -0.0312. The third-order valence-corrected chi connectivity index (χ3v) is 4.79. The fourth-order valence-electron chi connectivity index (χ4n) is 2.57. The largest absolute Gasteiger partial charge is 0.508 e. The van der Waals surface area contributed by atoms with E-state index in [2.05, 4.69) is 10.6 Å². The molecule has 0 aliphatic heterocycles. The van der Waals surface area contributed by atoms with Gasteiger partial charge >= 0.3 is 0 Å².